The molecule has 0 spiro atoms. The number of unbranched alkanes of at least 4 members (excludes halogenated alkanes) is 1. The Morgan fingerprint density at radius 2 is 1.80 bits per heavy atom. The number of hydrogen-bond donors (Lipinski definition) is 1. The highest BCUT2D eigenvalue weighted by Crippen LogP contribution is 2.62. The molecule has 1 N–H and O–H groups in total. The largest absolute Gasteiger partial charge is 0.481 e. The topological polar surface area (TPSA) is 101 Å². The third kappa shape index (κ3) is 5.60. The fourth-order valence-electron chi connectivity index (χ4n) is 6.44. The van der Waals surface area contributed by atoms with Gasteiger partial charge in [-0.25, -0.2) is 0 Å². The SMILES string of the molecule is CC1(C)[C@H]2C[C@H](C/C=C\CCCC(=O)O)[C@@H](N(OS(=O)(=O)c3ccccc3)C(=O)c3csc4ccccc34)[C@@H]1C2. The quantitative estimate of drug-likeness (QED) is 0.150. The van der Waals surface area contributed by atoms with Crippen LogP contribution in [0.25, 0.3) is 10.1 Å². The van der Waals surface area contributed by atoms with Crippen molar-refractivity contribution >= 4 is 43.4 Å². The number of carbonyl (C=O) groups is 2. The Labute approximate surface area is 239 Å². The van der Waals surface area contributed by atoms with Gasteiger partial charge in [-0.05, 0) is 73.5 Å². The number of carboxylic acid groups (broad SMARTS) is 1. The zero-order chi connectivity index (χ0) is 28.5. The fourth-order valence-corrected chi connectivity index (χ4v) is 8.33. The molecule has 6 rings (SSSR count). The highest BCUT2D eigenvalue weighted by Gasteiger charge is 2.60. The van der Waals surface area contributed by atoms with E-state index in [1.54, 1.807) is 23.6 Å². The van der Waals surface area contributed by atoms with E-state index in [2.05, 4.69) is 13.8 Å². The van der Waals surface area contributed by atoms with E-state index >= 15 is 0 Å². The Balaban J connectivity index is 1.50. The molecule has 1 amide bonds. The van der Waals surface area contributed by atoms with Crippen molar-refractivity contribution in [3.8, 4) is 0 Å². The van der Waals surface area contributed by atoms with E-state index in [9.17, 15) is 18.0 Å². The Morgan fingerprint density at radius 3 is 2.52 bits per heavy atom. The summed E-state index contributed by atoms with van der Waals surface area (Å²) in [6.07, 6.45) is 7.81. The fraction of sp³-hybridized carbons (Fsp3) is 0.419. The lowest BCUT2D eigenvalue weighted by Gasteiger charge is -2.63. The number of thiophene rings is 1. The molecule has 0 unspecified atom stereocenters. The van der Waals surface area contributed by atoms with Crippen LogP contribution < -0.4 is 0 Å². The summed E-state index contributed by atoms with van der Waals surface area (Å²) in [4.78, 5) is 25.1. The summed E-state index contributed by atoms with van der Waals surface area (Å²) in [5.41, 5.74) is 0.382. The summed E-state index contributed by atoms with van der Waals surface area (Å²) >= 11 is 1.45. The van der Waals surface area contributed by atoms with E-state index in [1.165, 1.54) is 28.5 Å². The molecule has 0 radical (unpaired) electrons. The molecule has 3 aromatic rings. The number of carboxylic acids is 1. The summed E-state index contributed by atoms with van der Waals surface area (Å²) in [6.45, 7) is 4.40. The van der Waals surface area contributed by atoms with Gasteiger partial charge in [0.25, 0.3) is 5.91 Å². The van der Waals surface area contributed by atoms with Crippen LogP contribution in [0.15, 0.2) is 77.0 Å². The number of benzene rings is 2. The lowest BCUT2D eigenvalue weighted by molar-refractivity contribution is -0.192. The molecule has 4 atom stereocenters. The Hall–Kier alpha value is -3.01. The van der Waals surface area contributed by atoms with Gasteiger partial charge in [-0.3, -0.25) is 9.59 Å². The Morgan fingerprint density at radius 1 is 1.07 bits per heavy atom. The first kappa shape index (κ1) is 28.5. The normalized spacial score (nSPS) is 23.6. The van der Waals surface area contributed by atoms with Crippen LogP contribution in [0, 0.1) is 23.2 Å². The van der Waals surface area contributed by atoms with Crippen molar-refractivity contribution in [2.45, 2.75) is 63.3 Å². The maximum atomic E-state index is 14.3. The first-order valence-corrected chi connectivity index (χ1v) is 16.0. The van der Waals surface area contributed by atoms with Crippen molar-refractivity contribution in [3.63, 3.8) is 0 Å². The summed E-state index contributed by atoms with van der Waals surface area (Å²) < 4.78 is 33.9. The van der Waals surface area contributed by atoms with Crippen LogP contribution >= 0.6 is 11.3 Å². The van der Waals surface area contributed by atoms with Crippen molar-refractivity contribution in [1.82, 2.24) is 5.06 Å². The molecule has 3 saturated carbocycles. The molecular formula is C31H35NO6S2. The van der Waals surface area contributed by atoms with Gasteiger partial charge < -0.3 is 5.11 Å². The van der Waals surface area contributed by atoms with Gasteiger partial charge in [0.15, 0.2) is 0 Å². The number of allylic oxidation sites excluding steroid dienone is 2. The molecule has 212 valence electrons. The monoisotopic (exact) mass is 581 g/mol. The van der Waals surface area contributed by atoms with E-state index in [1.807, 2.05) is 36.4 Å². The van der Waals surface area contributed by atoms with E-state index in [0.717, 1.165) is 22.9 Å². The number of amides is 1. The molecule has 3 fully saturated rings. The minimum atomic E-state index is -4.27. The van der Waals surface area contributed by atoms with Gasteiger partial charge in [-0.15, -0.1) is 15.6 Å². The maximum Gasteiger partial charge on any atom is 0.317 e. The van der Waals surface area contributed by atoms with Crippen molar-refractivity contribution < 1.29 is 27.4 Å². The van der Waals surface area contributed by atoms with Crippen LogP contribution in [0.5, 0.6) is 0 Å². The van der Waals surface area contributed by atoms with Crippen molar-refractivity contribution in [2.75, 3.05) is 0 Å². The second-order valence-corrected chi connectivity index (χ2v) is 13.9. The van der Waals surface area contributed by atoms with Gasteiger partial charge in [0.1, 0.15) is 0 Å². The predicted octanol–water partition coefficient (Wildman–Crippen LogP) is 6.92. The molecule has 1 aromatic heterocycles. The van der Waals surface area contributed by atoms with Crippen LogP contribution in [0.1, 0.15) is 62.7 Å². The lowest BCUT2D eigenvalue weighted by atomic mass is 9.44. The minimum absolute atomic E-state index is 0.000548. The smallest absolute Gasteiger partial charge is 0.317 e. The van der Waals surface area contributed by atoms with Crippen molar-refractivity contribution in [1.29, 1.82) is 0 Å². The molecule has 2 bridgehead atoms. The number of nitrogens with zero attached hydrogens (tertiary/aromatic N) is 1. The number of hydrogen-bond acceptors (Lipinski definition) is 6. The second kappa shape index (κ2) is 11.5. The number of hydroxylamine groups is 2. The van der Waals surface area contributed by atoms with E-state index in [0.29, 0.717) is 30.7 Å². The molecule has 40 heavy (non-hydrogen) atoms. The molecule has 9 heteroatoms. The minimum Gasteiger partial charge on any atom is -0.481 e. The van der Waals surface area contributed by atoms with Gasteiger partial charge in [-0.2, -0.15) is 13.5 Å². The first-order chi connectivity index (χ1) is 19.1. The van der Waals surface area contributed by atoms with E-state index in [4.69, 9.17) is 9.39 Å². The van der Waals surface area contributed by atoms with Crippen LogP contribution in [0.4, 0.5) is 0 Å². The predicted molar refractivity (Wildman–Crippen MR) is 155 cm³/mol. The molecular weight excluding hydrogens is 546 g/mol. The Kier molecular flexibility index (Phi) is 8.17. The molecule has 3 aliphatic rings. The van der Waals surface area contributed by atoms with Crippen LogP contribution in [0.2, 0.25) is 0 Å². The number of fused-ring (bicyclic) bond motifs is 3. The lowest BCUT2D eigenvalue weighted by Crippen LogP contribution is -2.64. The van der Waals surface area contributed by atoms with E-state index < -0.39 is 28.0 Å². The zero-order valence-electron chi connectivity index (χ0n) is 22.7. The number of rotatable bonds is 11. The zero-order valence-corrected chi connectivity index (χ0v) is 24.4. The number of carbonyl (C=O) groups excluding carboxylic acids is 1. The van der Waals surface area contributed by atoms with Gasteiger partial charge in [-0.1, -0.05) is 62.4 Å². The third-order valence-corrected chi connectivity index (χ3v) is 11.0. The highest BCUT2D eigenvalue weighted by atomic mass is 32.2. The van der Waals surface area contributed by atoms with Gasteiger partial charge in [0, 0.05) is 21.9 Å². The van der Waals surface area contributed by atoms with Gasteiger partial charge >= 0.3 is 16.1 Å². The third-order valence-electron chi connectivity index (χ3n) is 8.79. The maximum absolute atomic E-state index is 14.3. The summed E-state index contributed by atoms with van der Waals surface area (Å²) in [5.74, 6) is -0.680. The van der Waals surface area contributed by atoms with Gasteiger partial charge in [0.05, 0.1) is 16.5 Å². The highest BCUT2D eigenvalue weighted by molar-refractivity contribution is 7.86. The molecule has 3 aliphatic carbocycles. The standard InChI is InChI=1S/C31H35NO6S2/c1-31(2)22-18-21(12-6-3-4-9-17-28(33)34)29(26(31)19-22)32(38-40(36,37)23-13-7-5-8-14-23)30(35)25-20-39-27-16-11-10-15-24(25)27/h3,5-8,10-11,13-16,20-22,26,29H,4,9,12,17-19H2,1-2H3,(H,33,34)/b6-3-/t21-,22-,26-,29+/m0/s1. The molecule has 7 nitrogen and oxygen atoms in total. The molecule has 0 aliphatic heterocycles. The number of aliphatic carboxylic acids is 1. The van der Waals surface area contributed by atoms with E-state index in [-0.39, 0.29) is 28.6 Å². The van der Waals surface area contributed by atoms with Crippen LogP contribution in [-0.2, 0) is 19.2 Å². The Bertz CT molecular complexity index is 1510. The summed E-state index contributed by atoms with van der Waals surface area (Å²) in [5, 5.41) is 12.6. The van der Waals surface area contributed by atoms with Crippen LogP contribution in [0.3, 0.4) is 0 Å². The second-order valence-electron chi connectivity index (χ2n) is 11.5. The molecule has 0 saturated heterocycles. The first-order valence-electron chi connectivity index (χ1n) is 13.8. The summed E-state index contributed by atoms with van der Waals surface area (Å²) in [6, 6.07) is 15.1. The molecule has 2 aromatic carbocycles. The average Bonchev–Trinajstić information content (AvgIpc) is 3.37. The van der Waals surface area contributed by atoms with Gasteiger partial charge in [0.2, 0.25) is 0 Å². The van der Waals surface area contributed by atoms with Crippen LogP contribution in [-0.4, -0.2) is 36.5 Å². The molecule has 1 heterocycles. The van der Waals surface area contributed by atoms with Crippen molar-refractivity contribution in [3.05, 3.63) is 77.7 Å². The summed E-state index contributed by atoms with van der Waals surface area (Å²) in [7, 11) is -4.27. The van der Waals surface area contributed by atoms with Crippen molar-refractivity contribution in [2.24, 2.45) is 23.2 Å². The average molecular weight is 582 g/mol.